The van der Waals surface area contributed by atoms with Gasteiger partial charge in [0.1, 0.15) is 12.3 Å². The Bertz CT molecular complexity index is 472. The number of furan rings is 1. The van der Waals surface area contributed by atoms with E-state index in [1.54, 1.807) is 29.4 Å². The topological polar surface area (TPSA) is 59.8 Å². The van der Waals surface area contributed by atoms with E-state index in [9.17, 15) is 9.59 Å². The summed E-state index contributed by atoms with van der Waals surface area (Å²) in [7, 11) is 1.33. The molecule has 0 atom stereocenters. The Labute approximate surface area is 118 Å². The zero-order chi connectivity index (χ0) is 14.4. The van der Waals surface area contributed by atoms with Gasteiger partial charge in [-0.15, -0.1) is 0 Å². The van der Waals surface area contributed by atoms with Gasteiger partial charge in [0.05, 0.1) is 13.4 Å². The van der Waals surface area contributed by atoms with E-state index in [1.165, 1.54) is 13.2 Å². The van der Waals surface area contributed by atoms with Gasteiger partial charge in [0.2, 0.25) is 5.91 Å². The third-order valence-electron chi connectivity index (χ3n) is 3.51. The minimum atomic E-state index is -0.392. The number of ether oxygens (including phenoxy) is 1. The molecule has 0 N–H and O–H groups in total. The summed E-state index contributed by atoms with van der Waals surface area (Å²) in [6, 6.07) is 3.65. The Morgan fingerprint density at radius 1 is 1.45 bits per heavy atom. The largest absolute Gasteiger partial charge is 0.468 e. The summed E-state index contributed by atoms with van der Waals surface area (Å²) < 4.78 is 9.81. The first-order chi connectivity index (χ1) is 9.70. The molecule has 0 radical (unpaired) electrons. The summed E-state index contributed by atoms with van der Waals surface area (Å²) >= 11 is 0. The molecule has 5 nitrogen and oxygen atoms in total. The maximum Gasteiger partial charge on any atom is 0.325 e. The minimum Gasteiger partial charge on any atom is -0.468 e. The van der Waals surface area contributed by atoms with Crippen molar-refractivity contribution in [2.75, 3.05) is 13.7 Å². The number of nitrogens with zero attached hydrogens (tertiary/aromatic N) is 1. The Hall–Kier alpha value is -2.04. The van der Waals surface area contributed by atoms with Crippen LogP contribution >= 0.6 is 0 Å². The summed E-state index contributed by atoms with van der Waals surface area (Å²) in [6.07, 6.45) is 8.68. The van der Waals surface area contributed by atoms with Crippen LogP contribution in [-0.2, 0) is 14.3 Å². The van der Waals surface area contributed by atoms with E-state index in [0.717, 1.165) is 25.7 Å². The quantitative estimate of drug-likeness (QED) is 0.611. The molecule has 0 aliphatic heterocycles. The first-order valence-electron chi connectivity index (χ1n) is 6.79. The number of esters is 1. The first kappa shape index (κ1) is 14.4. The van der Waals surface area contributed by atoms with Crippen molar-refractivity contribution in [3.05, 3.63) is 30.2 Å². The molecule has 1 aromatic heterocycles. The minimum absolute atomic E-state index is 0.00247. The van der Waals surface area contributed by atoms with E-state index in [4.69, 9.17) is 4.42 Å². The summed E-state index contributed by atoms with van der Waals surface area (Å²) in [6.45, 7) is 0.00247. The van der Waals surface area contributed by atoms with Crippen molar-refractivity contribution in [3.63, 3.8) is 0 Å². The van der Waals surface area contributed by atoms with Crippen LogP contribution in [0.4, 0.5) is 0 Å². The number of amides is 1. The van der Waals surface area contributed by atoms with E-state index in [1.807, 2.05) is 0 Å². The molecule has 0 saturated heterocycles. The Kier molecular flexibility index (Phi) is 4.98. The maximum atomic E-state index is 12.3. The van der Waals surface area contributed by atoms with E-state index in [0.29, 0.717) is 5.76 Å². The lowest BCUT2D eigenvalue weighted by atomic mass is 10.2. The van der Waals surface area contributed by atoms with Crippen LogP contribution in [0.5, 0.6) is 0 Å². The second-order valence-corrected chi connectivity index (χ2v) is 4.83. The van der Waals surface area contributed by atoms with Crippen LogP contribution in [0.25, 0.3) is 6.08 Å². The SMILES string of the molecule is COC(=O)CN(C(=O)/C=C/c1ccco1)C1CCCC1. The summed E-state index contributed by atoms with van der Waals surface area (Å²) in [4.78, 5) is 25.3. The van der Waals surface area contributed by atoms with Crippen molar-refractivity contribution in [1.82, 2.24) is 4.90 Å². The molecule has 20 heavy (non-hydrogen) atoms. The maximum absolute atomic E-state index is 12.3. The van der Waals surface area contributed by atoms with Crippen LogP contribution < -0.4 is 0 Å². The number of hydrogen-bond acceptors (Lipinski definition) is 4. The summed E-state index contributed by atoms with van der Waals surface area (Å²) in [5.74, 6) is 0.0399. The Balaban J connectivity index is 2.04. The number of rotatable bonds is 5. The van der Waals surface area contributed by atoms with E-state index >= 15 is 0 Å². The van der Waals surface area contributed by atoms with Gasteiger partial charge in [0.15, 0.2) is 0 Å². The molecule has 1 saturated carbocycles. The highest BCUT2D eigenvalue weighted by atomic mass is 16.5. The Morgan fingerprint density at radius 2 is 2.20 bits per heavy atom. The average Bonchev–Trinajstić information content (AvgIpc) is 3.14. The van der Waals surface area contributed by atoms with Crippen LogP contribution in [0.1, 0.15) is 31.4 Å². The first-order valence-corrected chi connectivity index (χ1v) is 6.79. The normalized spacial score (nSPS) is 15.7. The van der Waals surface area contributed by atoms with Crippen LogP contribution in [0, 0.1) is 0 Å². The van der Waals surface area contributed by atoms with Gasteiger partial charge >= 0.3 is 5.97 Å². The van der Waals surface area contributed by atoms with Crippen molar-refractivity contribution in [2.24, 2.45) is 0 Å². The lowest BCUT2D eigenvalue weighted by molar-refractivity contribution is -0.146. The van der Waals surface area contributed by atoms with E-state index in [2.05, 4.69) is 4.74 Å². The van der Waals surface area contributed by atoms with Gasteiger partial charge < -0.3 is 14.1 Å². The fourth-order valence-electron chi connectivity index (χ4n) is 2.44. The monoisotopic (exact) mass is 277 g/mol. The predicted octanol–water partition coefficient (Wildman–Crippen LogP) is 2.24. The standard InChI is InChI=1S/C15H19NO4/c1-19-15(18)11-16(12-5-2-3-6-12)14(17)9-8-13-7-4-10-20-13/h4,7-10,12H,2-3,5-6,11H2,1H3/b9-8+. The molecule has 1 aliphatic carbocycles. The highest BCUT2D eigenvalue weighted by Crippen LogP contribution is 2.23. The van der Waals surface area contributed by atoms with Gasteiger partial charge in [-0.2, -0.15) is 0 Å². The van der Waals surface area contributed by atoms with Crippen LogP contribution in [0.2, 0.25) is 0 Å². The summed E-state index contributed by atoms with van der Waals surface area (Å²) in [5.41, 5.74) is 0. The third kappa shape index (κ3) is 3.73. The van der Waals surface area contributed by atoms with Gasteiger partial charge in [-0.1, -0.05) is 12.8 Å². The zero-order valence-electron chi connectivity index (χ0n) is 11.6. The second-order valence-electron chi connectivity index (χ2n) is 4.83. The lowest BCUT2D eigenvalue weighted by Crippen LogP contribution is -2.41. The van der Waals surface area contributed by atoms with Crippen LogP contribution in [0.15, 0.2) is 28.9 Å². The fourth-order valence-corrected chi connectivity index (χ4v) is 2.44. The smallest absolute Gasteiger partial charge is 0.325 e. The van der Waals surface area contributed by atoms with Gasteiger partial charge in [-0.05, 0) is 31.1 Å². The highest BCUT2D eigenvalue weighted by molar-refractivity contribution is 5.93. The van der Waals surface area contributed by atoms with Crippen molar-refractivity contribution < 1.29 is 18.7 Å². The summed E-state index contributed by atoms with van der Waals surface area (Å²) in [5, 5.41) is 0. The number of carbonyl (C=O) groups excluding carboxylic acids is 2. The van der Waals surface area contributed by atoms with E-state index < -0.39 is 5.97 Å². The Morgan fingerprint density at radius 3 is 2.80 bits per heavy atom. The average molecular weight is 277 g/mol. The van der Waals surface area contributed by atoms with E-state index in [-0.39, 0.29) is 18.5 Å². The molecule has 0 bridgehead atoms. The molecular formula is C15H19NO4. The zero-order valence-corrected chi connectivity index (χ0v) is 11.6. The van der Waals surface area contributed by atoms with Gasteiger partial charge in [-0.25, -0.2) is 0 Å². The number of carbonyl (C=O) groups is 2. The fraction of sp³-hybridized carbons (Fsp3) is 0.467. The van der Waals surface area contributed by atoms with Gasteiger partial charge in [-0.3, -0.25) is 9.59 Å². The highest BCUT2D eigenvalue weighted by Gasteiger charge is 2.27. The lowest BCUT2D eigenvalue weighted by Gasteiger charge is -2.26. The third-order valence-corrected chi connectivity index (χ3v) is 3.51. The molecule has 0 unspecified atom stereocenters. The van der Waals surface area contributed by atoms with Crippen LogP contribution in [0.3, 0.4) is 0 Å². The van der Waals surface area contributed by atoms with Crippen LogP contribution in [-0.4, -0.2) is 36.5 Å². The molecule has 1 fully saturated rings. The predicted molar refractivity (Wildman–Crippen MR) is 73.7 cm³/mol. The molecule has 1 heterocycles. The van der Waals surface area contributed by atoms with Crippen molar-refractivity contribution in [1.29, 1.82) is 0 Å². The molecule has 108 valence electrons. The molecule has 0 aromatic carbocycles. The molecule has 0 spiro atoms. The molecule has 1 aliphatic rings. The molecule has 1 amide bonds. The molecule has 1 aromatic rings. The molecule has 2 rings (SSSR count). The number of methoxy groups -OCH3 is 1. The molecular weight excluding hydrogens is 258 g/mol. The van der Waals surface area contributed by atoms with Gasteiger partial charge in [0, 0.05) is 12.1 Å². The molecule has 5 heteroatoms. The number of hydrogen-bond donors (Lipinski definition) is 0. The van der Waals surface area contributed by atoms with Crippen molar-refractivity contribution in [2.45, 2.75) is 31.7 Å². The van der Waals surface area contributed by atoms with Crippen molar-refractivity contribution >= 4 is 18.0 Å². The van der Waals surface area contributed by atoms with Crippen molar-refractivity contribution in [3.8, 4) is 0 Å². The second kappa shape index (κ2) is 6.93. The van der Waals surface area contributed by atoms with Gasteiger partial charge in [0.25, 0.3) is 0 Å².